The molecule has 1 aliphatic heterocycles. The zero-order chi connectivity index (χ0) is 16.2. The Bertz CT molecular complexity index is 678. The van der Waals surface area contributed by atoms with E-state index in [9.17, 15) is 13.2 Å². The summed E-state index contributed by atoms with van der Waals surface area (Å²) < 4.78 is 23.8. The lowest BCUT2D eigenvalue weighted by molar-refractivity contribution is -0.125. The lowest BCUT2D eigenvalue weighted by Crippen LogP contribution is -2.52. The number of hydrazine groups is 1. The van der Waals surface area contributed by atoms with Crippen LogP contribution in [-0.4, -0.2) is 26.1 Å². The monoisotopic (exact) mass is 320 g/mol. The van der Waals surface area contributed by atoms with Crippen molar-refractivity contribution >= 4 is 21.8 Å². The minimum absolute atomic E-state index is 0.00562. The first-order valence-corrected chi connectivity index (χ1v) is 8.74. The summed E-state index contributed by atoms with van der Waals surface area (Å²) in [5.41, 5.74) is 6.47. The van der Waals surface area contributed by atoms with Crippen LogP contribution in [0.25, 0.3) is 6.08 Å². The molecule has 2 unspecified atom stereocenters. The van der Waals surface area contributed by atoms with Crippen molar-refractivity contribution in [3.63, 3.8) is 0 Å². The van der Waals surface area contributed by atoms with Crippen LogP contribution in [-0.2, 0) is 14.6 Å². The molecule has 1 amide bonds. The third kappa shape index (κ3) is 4.05. The van der Waals surface area contributed by atoms with Gasteiger partial charge in [0.15, 0.2) is 9.84 Å². The van der Waals surface area contributed by atoms with Crippen LogP contribution in [0.5, 0.6) is 0 Å². The van der Waals surface area contributed by atoms with Gasteiger partial charge in [0.05, 0.1) is 10.6 Å². The van der Waals surface area contributed by atoms with Gasteiger partial charge < -0.3 is 0 Å². The van der Waals surface area contributed by atoms with Crippen LogP contribution >= 0.6 is 0 Å². The van der Waals surface area contributed by atoms with E-state index in [1.54, 1.807) is 24.3 Å². The summed E-state index contributed by atoms with van der Waals surface area (Å²) in [5, 5.41) is 0. The summed E-state index contributed by atoms with van der Waals surface area (Å²) in [5.74, 6) is 0.136. The fraction of sp³-hybridized carbons (Fsp3) is 0.312. The van der Waals surface area contributed by atoms with Crippen molar-refractivity contribution in [1.29, 1.82) is 0 Å². The smallest absolute Gasteiger partial charge is 0.234 e. The van der Waals surface area contributed by atoms with Gasteiger partial charge in [-0.3, -0.25) is 10.2 Å². The second kappa shape index (κ2) is 6.89. The molecule has 1 saturated heterocycles. The molecule has 0 bridgehead atoms. The number of hydrogen-bond donors (Lipinski definition) is 2. The van der Waals surface area contributed by atoms with Crippen molar-refractivity contribution in [3.8, 4) is 0 Å². The van der Waals surface area contributed by atoms with Gasteiger partial charge in [-0.1, -0.05) is 37.3 Å². The largest absolute Gasteiger partial charge is 0.291 e. The highest BCUT2D eigenvalue weighted by Gasteiger charge is 2.22. The first kappa shape index (κ1) is 16.5. The van der Waals surface area contributed by atoms with Crippen LogP contribution in [0.15, 0.2) is 47.9 Å². The van der Waals surface area contributed by atoms with Crippen LogP contribution < -0.4 is 10.9 Å². The van der Waals surface area contributed by atoms with Gasteiger partial charge in [-0.15, -0.1) is 6.58 Å². The standard InChI is InChI=1S/C16H20N2O3S/c1-3-10-22(20,21)14-7-4-13(5-8-14)6-9-15-12(2)11-16(19)18-17-15/h3-9,12,15,17H,1,10-11H2,2H3,(H,18,19)/b9-6+. The molecule has 1 heterocycles. The SMILES string of the molecule is C=CCS(=O)(=O)c1ccc(/C=C/C2NNC(=O)CC2C)cc1. The highest BCUT2D eigenvalue weighted by molar-refractivity contribution is 7.91. The molecule has 118 valence electrons. The average molecular weight is 320 g/mol. The molecule has 1 aliphatic rings. The Kier molecular flexibility index (Phi) is 5.15. The Morgan fingerprint density at radius 2 is 2.00 bits per heavy atom. The van der Waals surface area contributed by atoms with E-state index in [0.29, 0.717) is 11.3 Å². The number of nitrogens with one attached hydrogen (secondary N) is 2. The molecule has 2 rings (SSSR count). The van der Waals surface area contributed by atoms with Gasteiger partial charge in [0, 0.05) is 12.5 Å². The molecule has 0 aromatic heterocycles. The molecule has 1 aromatic carbocycles. The highest BCUT2D eigenvalue weighted by Crippen LogP contribution is 2.16. The highest BCUT2D eigenvalue weighted by atomic mass is 32.2. The maximum absolute atomic E-state index is 11.9. The van der Waals surface area contributed by atoms with Gasteiger partial charge in [0.2, 0.25) is 5.91 Å². The van der Waals surface area contributed by atoms with E-state index >= 15 is 0 Å². The minimum Gasteiger partial charge on any atom is -0.291 e. The average Bonchev–Trinajstić information content (AvgIpc) is 2.47. The Morgan fingerprint density at radius 3 is 2.59 bits per heavy atom. The summed E-state index contributed by atoms with van der Waals surface area (Å²) in [6, 6.07) is 6.77. The lowest BCUT2D eigenvalue weighted by Gasteiger charge is -2.27. The van der Waals surface area contributed by atoms with Gasteiger partial charge in [0.25, 0.3) is 0 Å². The Morgan fingerprint density at radius 1 is 1.32 bits per heavy atom. The van der Waals surface area contributed by atoms with Crippen molar-refractivity contribution in [3.05, 3.63) is 48.6 Å². The van der Waals surface area contributed by atoms with Crippen molar-refractivity contribution in [1.82, 2.24) is 10.9 Å². The maximum Gasteiger partial charge on any atom is 0.234 e. The molecule has 6 heteroatoms. The van der Waals surface area contributed by atoms with Gasteiger partial charge in [-0.2, -0.15) is 0 Å². The maximum atomic E-state index is 11.9. The number of sulfone groups is 1. The number of carbonyl (C=O) groups is 1. The first-order valence-electron chi connectivity index (χ1n) is 7.08. The molecule has 5 nitrogen and oxygen atoms in total. The predicted molar refractivity (Wildman–Crippen MR) is 86.6 cm³/mol. The van der Waals surface area contributed by atoms with Crippen molar-refractivity contribution in [2.24, 2.45) is 5.92 Å². The number of carbonyl (C=O) groups excluding carboxylic acids is 1. The first-order chi connectivity index (χ1) is 10.4. The zero-order valence-corrected chi connectivity index (χ0v) is 13.3. The molecule has 0 aliphatic carbocycles. The van der Waals surface area contributed by atoms with E-state index in [1.807, 2.05) is 19.1 Å². The molecule has 2 N–H and O–H groups in total. The Hall–Kier alpha value is -1.92. The van der Waals surface area contributed by atoms with Gasteiger partial charge in [0.1, 0.15) is 0 Å². The van der Waals surface area contributed by atoms with Crippen LogP contribution in [0.2, 0.25) is 0 Å². The summed E-state index contributed by atoms with van der Waals surface area (Å²) in [4.78, 5) is 11.5. The van der Waals surface area contributed by atoms with Crippen LogP contribution in [0.3, 0.4) is 0 Å². The molecular formula is C16H20N2O3S. The molecule has 0 spiro atoms. The summed E-state index contributed by atoms with van der Waals surface area (Å²) in [6.07, 6.45) is 5.75. The molecule has 0 saturated carbocycles. The molecule has 2 atom stereocenters. The van der Waals surface area contributed by atoms with Crippen molar-refractivity contribution in [2.45, 2.75) is 24.3 Å². The van der Waals surface area contributed by atoms with E-state index < -0.39 is 9.84 Å². The summed E-state index contributed by atoms with van der Waals surface area (Å²) in [6.45, 7) is 5.46. The molecule has 0 radical (unpaired) electrons. The quantitative estimate of drug-likeness (QED) is 0.810. The molecular weight excluding hydrogens is 300 g/mol. The van der Waals surface area contributed by atoms with E-state index in [4.69, 9.17) is 0 Å². The zero-order valence-electron chi connectivity index (χ0n) is 12.5. The second-order valence-electron chi connectivity index (χ2n) is 5.40. The number of amides is 1. The lowest BCUT2D eigenvalue weighted by atomic mass is 9.96. The topological polar surface area (TPSA) is 75.3 Å². The number of hydrogen-bond acceptors (Lipinski definition) is 4. The molecule has 1 aromatic rings. The van der Waals surface area contributed by atoms with Gasteiger partial charge in [-0.25, -0.2) is 13.8 Å². The summed E-state index contributed by atoms with van der Waals surface area (Å²) >= 11 is 0. The van der Waals surface area contributed by atoms with Crippen LogP contribution in [0.1, 0.15) is 18.9 Å². The minimum atomic E-state index is -3.28. The van der Waals surface area contributed by atoms with Crippen molar-refractivity contribution in [2.75, 3.05) is 5.75 Å². The third-order valence-electron chi connectivity index (χ3n) is 3.57. The predicted octanol–water partition coefficient (Wildman–Crippen LogP) is 1.69. The third-order valence-corrected chi connectivity index (χ3v) is 5.24. The fourth-order valence-electron chi connectivity index (χ4n) is 2.27. The van der Waals surface area contributed by atoms with Gasteiger partial charge >= 0.3 is 0 Å². The van der Waals surface area contributed by atoms with E-state index in [-0.39, 0.29) is 23.6 Å². The normalized spacial score (nSPS) is 22.5. The number of benzene rings is 1. The van der Waals surface area contributed by atoms with E-state index in [0.717, 1.165) is 5.56 Å². The summed E-state index contributed by atoms with van der Waals surface area (Å²) in [7, 11) is -3.28. The van der Waals surface area contributed by atoms with Gasteiger partial charge in [-0.05, 0) is 23.6 Å². The fourth-order valence-corrected chi connectivity index (χ4v) is 3.32. The number of rotatable bonds is 5. The second-order valence-corrected chi connectivity index (χ2v) is 7.43. The van der Waals surface area contributed by atoms with E-state index in [1.165, 1.54) is 6.08 Å². The molecule has 1 fully saturated rings. The van der Waals surface area contributed by atoms with Crippen LogP contribution in [0, 0.1) is 5.92 Å². The van der Waals surface area contributed by atoms with E-state index in [2.05, 4.69) is 17.4 Å². The van der Waals surface area contributed by atoms with Crippen LogP contribution in [0.4, 0.5) is 0 Å². The van der Waals surface area contributed by atoms with Crippen molar-refractivity contribution < 1.29 is 13.2 Å². The molecule has 22 heavy (non-hydrogen) atoms. The Labute approximate surface area is 131 Å². The Balaban J connectivity index is 2.07.